The number of rotatable bonds is 5. The van der Waals surface area contributed by atoms with Crippen LogP contribution in [0.4, 0.5) is 0 Å². The molecule has 4 nitrogen and oxygen atoms in total. The first-order valence-electron chi connectivity index (χ1n) is 2.85. The lowest BCUT2D eigenvalue weighted by atomic mass is 10.4. The number of methoxy groups -OCH3 is 1. The van der Waals surface area contributed by atoms with Gasteiger partial charge in [-0.3, -0.25) is 0 Å². The molecule has 0 spiro atoms. The maximum Gasteiger partial charge on any atom is 0.146 e. The van der Waals surface area contributed by atoms with Crippen molar-refractivity contribution in [2.24, 2.45) is 11.5 Å². The molecule has 0 fully saturated rings. The normalized spacial score (nSPS) is 10.7. The third-order valence-electron chi connectivity index (χ3n) is 0.947. The molecule has 0 aliphatic carbocycles. The molecule has 56 valence electrons. The predicted octanol–water partition coefficient (Wildman–Crippen LogP) is -1.11. The van der Waals surface area contributed by atoms with E-state index >= 15 is 0 Å². The Hall–Kier alpha value is -0.160. The maximum absolute atomic E-state index is 5.26. The lowest BCUT2D eigenvalue weighted by Crippen LogP contribution is -2.32. The van der Waals surface area contributed by atoms with Crippen molar-refractivity contribution in [1.82, 2.24) is 0 Å². The van der Waals surface area contributed by atoms with Gasteiger partial charge in [0.2, 0.25) is 0 Å². The summed E-state index contributed by atoms with van der Waals surface area (Å²) >= 11 is 0. The van der Waals surface area contributed by atoms with Crippen LogP contribution in [0.15, 0.2) is 0 Å². The van der Waals surface area contributed by atoms with Crippen LogP contribution < -0.4 is 11.5 Å². The largest absolute Gasteiger partial charge is 0.359 e. The van der Waals surface area contributed by atoms with Gasteiger partial charge < -0.3 is 20.9 Å². The second-order valence-corrected chi connectivity index (χ2v) is 1.67. The molecule has 4 heteroatoms. The van der Waals surface area contributed by atoms with E-state index in [0.717, 1.165) is 0 Å². The molecule has 0 aromatic carbocycles. The number of nitrogens with two attached hydrogens (primary N) is 2. The van der Waals surface area contributed by atoms with Gasteiger partial charge in [-0.2, -0.15) is 0 Å². The lowest BCUT2D eigenvalue weighted by Gasteiger charge is -2.11. The van der Waals surface area contributed by atoms with Crippen LogP contribution >= 0.6 is 0 Å². The second kappa shape index (κ2) is 5.97. The standard InChI is InChI=1S/C5H14N2O2/c1-8-4-9-5(2-6)3-7/h5H,2-4,6-7H2,1H3. The summed E-state index contributed by atoms with van der Waals surface area (Å²) in [5.41, 5.74) is 10.5. The third kappa shape index (κ3) is 4.35. The summed E-state index contributed by atoms with van der Waals surface area (Å²) in [7, 11) is 1.56. The molecule has 0 aromatic heterocycles. The number of hydrogen-bond donors (Lipinski definition) is 2. The van der Waals surface area contributed by atoms with E-state index in [-0.39, 0.29) is 12.9 Å². The Labute approximate surface area is 55.1 Å². The fourth-order valence-electron chi connectivity index (χ4n) is 0.397. The molecular weight excluding hydrogens is 120 g/mol. The van der Waals surface area contributed by atoms with Crippen molar-refractivity contribution in [3.8, 4) is 0 Å². The van der Waals surface area contributed by atoms with Crippen molar-refractivity contribution >= 4 is 0 Å². The average Bonchev–Trinajstić information content (AvgIpc) is 1.91. The summed E-state index contributed by atoms with van der Waals surface area (Å²) in [6.45, 7) is 1.15. The zero-order chi connectivity index (χ0) is 7.11. The van der Waals surface area contributed by atoms with Crippen molar-refractivity contribution in [3.05, 3.63) is 0 Å². The maximum atomic E-state index is 5.26. The van der Waals surface area contributed by atoms with Gasteiger partial charge in [-0.15, -0.1) is 0 Å². The van der Waals surface area contributed by atoms with Crippen molar-refractivity contribution in [2.45, 2.75) is 6.10 Å². The van der Waals surface area contributed by atoms with Gasteiger partial charge in [0.1, 0.15) is 6.79 Å². The minimum Gasteiger partial charge on any atom is -0.359 e. The van der Waals surface area contributed by atoms with Crippen molar-refractivity contribution in [2.75, 3.05) is 27.0 Å². The van der Waals surface area contributed by atoms with Crippen LogP contribution in [0.2, 0.25) is 0 Å². The lowest BCUT2D eigenvalue weighted by molar-refractivity contribution is -0.0647. The average molecular weight is 134 g/mol. The Balaban J connectivity index is 3.09. The highest BCUT2D eigenvalue weighted by atomic mass is 16.7. The topological polar surface area (TPSA) is 70.5 Å². The molecule has 0 bridgehead atoms. The highest BCUT2D eigenvalue weighted by Gasteiger charge is 2.01. The molecule has 0 unspecified atom stereocenters. The molecule has 0 saturated heterocycles. The van der Waals surface area contributed by atoms with Crippen LogP contribution in [0.25, 0.3) is 0 Å². The van der Waals surface area contributed by atoms with Gasteiger partial charge in [-0.1, -0.05) is 0 Å². The van der Waals surface area contributed by atoms with E-state index in [4.69, 9.17) is 16.2 Å². The molecule has 0 aromatic rings. The van der Waals surface area contributed by atoms with Crippen LogP contribution in [-0.4, -0.2) is 33.1 Å². The van der Waals surface area contributed by atoms with E-state index in [1.54, 1.807) is 7.11 Å². The summed E-state index contributed by atoms with van der Waals surface area (Å²) < 4.78 is 9.66. The Morgan fingerprint density at radius 1 is 1.33 bits per heavy atom. The number of ether oxygens (including phenoxy) is 2. The van der Waals surface area contributed by atoms with Crippen LogP contribution in [0.1, 0.15) is 0 Å². The van der Waals surface area contributed by atoms with Gasteiger partial charge in [0.15, 0.2) is 0 Å². The zero-order valence-electron chi connectivity index (χ0n) is 5.67. The van der Waals surface area contributed by atoms with Crippen LogP contribution in [-0.2, 0) is 9.47 Å². The van der Waals surface area contributed by atoms with E-state index < -0.39 is 0 Å². The summed E-state index contributed by atoms with van der Waals surface area (Å²) in [5.74, 6) is 0. The smallest absolute Gasteiger partial charge is 0.146 e. The van der Waals surface area contributed by atoms with E-state index in [1.807, 2.05) is 0 Å². The molecule has 0 aliphatic heterocycles. The van der Waals surface area contributed by atoms with Crippen molar-refractivity contribution in [3.63, 3.8) is 0 Å². The fraction of sp³-hybridized carbons (Fsp3) is 1.00. The summed E-state index contributed by atoms with van der Waals surface area (Å²) in [6, 6.07) is 0. The van der Waals surface area contributed by atoms with Gasteiger partial charge in [0, 0.05) is 20.2 Å². The quantitative estimate of drug-likeness (QED) is 0.468. The highest BCUT2D eigenvalue weighted by Crippen LogP contribution is 1.84. The zero-order valence-corrected chi connectivity index (χ0v) is 5.67. The van der Waals surface area contributed by atoms with Gasteiger partial charge in [0.05, 0.1) is 6.10 Å². The Kier molecular flexibility index (Phi) is 5.86. The molecule has 0 amide bonds. The van der Waals surface area contributed by atoms with Crippen molar-refractivity contribution < 1.29 is 9.47 Å². The van der Waals surface area contributed by atoms with E-state index in [2.05, 4.69) is 4.74 Å². The first-order valence-corrected chi connectivity index (χ1v) is 2.85. The summed E-state index contributed by atoms with van der Waals surface area (Å²) in [4.78, 5) is 0. The Morgan fingerprint density at radius 2 is 1.89 bits per heavy atom. The number of hydrogen-bond acceptors (Lipinski definition) is 4. The molecule has 0 atom stereocenters. The first kappa shape index (κ1) is 8.84. The summed E-state index contributed by atoms with van der Waals surface area (Å²) in [5, 5.41) is 0. The summed E-state index contributed by atoms with van der Waals surface area (Å²) in [6.07, 6.45) is -0.0649. The fourth-order valence-corrected chi connectivity index (χ4v) is 0.397. The van der Waals surface area contributed by atoms with Gasteiger partial charge in [0.25, 0.3) is 0 Å². The molecule has 4 N–H and O–H groups in total. The van der Waals surface area contributed by atoms with E-state index in [9.17, 15) is 0 Å². The Morgan fingerprint density at radius 3 is 2.22 bits per heavy atom. The molecular formula is C5H14N2O2. The Bertz CT molecular complexity index is 56.9. The molecule has 0 aliphatic rings. The molecule has 0 radical (unpaired) electrons. The molecule has 0 saturated carbocycles. The van der Waals surface area contributed by atoms with Crippen LogP contribution in [0, 0.1) is 0 Å². The van der Waals surface area contributed by atoms with E-state index in [1.165, 1.54) is 0 Å². The van der Waals surface area contributed by atoms with Gasteiger partial charge in [-0.25, -0.2) is 0 Å². The molecule has 9 heavy (non-hydrogen) atoms. The molecule has 0 heterocycles. The molecule has 0 rings (SSSR count). The minimum absolute atomic E-state index is 0.0649. The van der Waals surface area contributed by atoms with Crippen LogP contribution in [0.5, 0.6) is 0 Å². The highest BCUT2D eigenvalue weighted by molar-refractivity contribution is 4.56. The van der Waals surface area contributed by atoms with E-state index in [0.29, 0.717) is 13.1 Å². The third-order valence-corrected chi connectivity index (χ3v) is 0.947. The first-order chi connectivity index (χ1) is 4.35. The van der Waals surface area contributed by atoms with Gasteiger partial charge >= 0.3 is 0 Å². The monoisotopic (exact) mass is 134 g/mol. The van der Waals surface area contributed by atoms with Gasteiger partial charge in [-0.05, 0) is 0 Å². The predicted molar refractivity (Wildman–Crippen MR) is 34.9 cm³/mol. The van der Waals surface area contributed by atoms with Crippen molar-refractivity contribution in [1.29, 1.82) is 0 Å². The SMILES string of the molecule is COCOC(CN)CN. The second-order valence-electron chi connectivity index (χ2n) is 1.67. The minimum atomic E-state index is -0.0649. The van der Waals surface area contributed by atoms with Crippen LogP contribution in [0.3, 0.4) is 0 Å².